The molecule has 0 amide bonds. The normalized spacial score (nSPS) is 12.8. The van der Waals surface area contributed by atoms with Crippen molar-refractivity contribution in [3.05, 3.63) is 84.4 Å². The zero-order chi connectivity index (χ0) is 33.7. The van der Waals surface area contributed by atoms with Gasteiger partial charge in [-0.2, -0.15) is 0 Å². The summed E-state index contributed by atoms with van der Waals surface area (Å²) in [7, 11) is 7.71. The minimum absolute atomic E-state index is 0.00660. The van der Waals surface area contributed by atoms with Gasteiger partial charge in [0.15, 0.2) is 11.6 Å². The number of aromatic amines is 2. The van der Waals surface area contributed by atoms with Gasteiger partial charge in [-0.15, -0.1) is 0 Å². The van der Waals surface area contributed by atoms with E-state index in [2.05, 4.69) is 76.9 Å². The van der Waals surface area contributed by atoms with Gasteiger partial charge in [-0.3, -0.25) is 0 Å². The van der Waals surface area contributed by atoms with E-state index >= 15 is 0 Å². The van der Waals surface area contributed by atoms with E-state index in [1.54, 1.807) is 0 Å². The first-order chi connectivity index (χ1) is 23.2. The van der Waals surface area contributed by atoms with E-state index < -0.39 is 0 Å². The summed E-state index contributed by atoms with van der Waals surface area (Å²) >= 11 is 0. The first kappa shape index (κ1) is 30.9. The van der Waals surface area contributed by atoms with Crippen molar-refractivity contribution in [3.63, 3.8) is 0 Å². The highest BCUT2D eigenvalue weighted by Gasteiger charge is 2.17. The Kier molecular flexibility index (Phi) is 7.82. The van der Waals surface area contributed by atoms with Crippen molar-refractivity contribution < 1.29 is 0 Å². The number of anilines is 2. The maximum absolute atomic E-state index is 6.01. The summed E-state index contributed by atoms with van der Waals surface area (Å²) in [6.45, 7) is 3.98. The van der Waals surface area contributed by atoms with Gasteiger partial charge in [-0.1, -0.05) is 36.4 Å². The number of rotatable bonds is 6. The lowest BCUT2D eigenvalue weighted by molar-refractivity contribution is 0.818. The van der Waals surface area contributed by atoms with Crippen molar-refractivity contribution in [1.29, 1.82) is 0 Å². The van der Waals surface area contributed by atoms with Crippen LogP contribution < -0.4 is 22.1 Å². The van der Waals surface area contributed by atoms with Crippen LogP contribution in [-0.4, -0.2) is 53.1 Å². The summed E-state index contributed by atoms with van der Waals surface area (Å²) < 4.78 is 4.05. The van der Waals surface area contributed by atoms with Crippen LogP contribution in [0.3, 0.4) is 0 Å². The molecule has 0 fully saturated rings. The van der Waals surface area contributed by atoms with Gasteiger partial charge < -0.3 is 41.2 Å². The third-order valence-electron chi connectivity index (χ3n) is 8.79. The Bertz CT molecular complexity index is 2250. The predicted octanol–water partition coefficient (Wildman–Crippen LogP) is 6.36. The molecule has 12 nitrogen and oxygen atoms in total. The number of nitrogens with zero attached hydrogens (tertiary/aromatic N) is 6. The lowest BCUT2D eigenvalue weighted by Crippen LogP contribution is -2.04. The molecule has 0 radical (unpaired) electrons. The average molecular weight is 641 g/mol. The van der Waals surface area contributed by atoms with Crippen molar-refractivity contribution in [3.8, 4) is 22.5 Å². The van der Waals surface area contributed by atoms with Crippen LogP contribution in [0.15, 0.2) is 73.3 Å². The molecule has 6 aromatic heterocycles. The van der Waals surface area contributed by atoms with Gasteiger partial charge in [0.2, 0.25) is 0 Å². The molecular weight excluding hydrogens is 600 g/mol. The number of aromatic nitrogens is 8. The maximum Gasteiger partial charge on any atom is 0.156 e. The number of hydrogen-bond donors (Lipinski definition) is 6. The lowest BCUT2D eigenvalue weighted by atomic mass is 10.0. The minimum Gasteiger partial charge on any atom is -0.371 e. The zero-order valence-corrected chi connectivity index (χ0v) is 27.9. The zero-order valence-electron chi connectivity index (χ0n) is 27.9. The van der Waals surface area contributed by atoms with E-state index in [0.29, 0.717) is 0 Å². The minimum atomic E-state index is 0.00660. The number of nitrogens with two attached hydrogens (primary N) is 2. The van der Waals surface area contributed by atoms with Crippen LogP contribution in [-0.2, 0) is 14.1 Å². The molecule has 0 aliphatic rings. The molecule has 0 saturated carbocycles. The molecule has 244 valence electrons. The number of imidazole rings is 2. The van der Waals surface area contributed by atoms with E-state index in [-0.39, 0.29) is 12.1 Å². The molecule has 0 spiro atoms. The Balaban J connectivity index is 0.000000152. The summed E-state index contributed by atoms with van der Waals surface area (Å²) in [6.07, 6.45) is 3.63. The summed E-state index contributed by atoms with van der Waals surface area (Å²) in [5.74, 6) is 1.55. The molecule has 8 N–H and O–H groups in total. The molecule has 2 unspecified atom stereocenters. The standard InChI is InChI=1S/2C18H20N6/c2*1-10(19)11-5-4-6-12(7-11)14-8-13-16-15(21-9-24(16)3)18(20-2)23-17(13)22-14/h2*4-10H,19H2,1-3H3,(H2,20,22,23). The van der Waals surface area contributed by atoms with Gasteiger partial charge in [0.05, 0.1) is 23.7 Å². The predicted molar refractivity (Wildman–Crippen MR) is 196 cm³/mol. The maximum atomic E-state index is 6.01. The molecule has 0 aliphatic carbocycles. The number of fused-ring (bicyclic) bond motifs is 6. The van der Waals surface area contributed by atoms with Crippen molar-refractivity contribution in [1.82, 2.24) is 39.0 Å². The quantitative estimate of drug-likeness (QED) is 0.122. The van der Waals surface area contributed by atoms with Crippen LogP contribution in [0.5, 0.6) is 0 Å². The first-order valence-electron chi connectivity index (χ1n) is 15.9. The Hall–Kier alpha value is -5.72. The molecule has 6 heterocycles. The van der Waals surface area contributed by atoms with E-state index in [1.807, 2.05) is 88.1 Å². The largest absolute Gasteiger partial charge is 0.371 e. The van der Waals surface area contributed by atoms with Gasteiger partial charge in [0.1, 0.15) is 22.3 Å². The van der Waals surface area contributed by atoms with Crippen molar-refractivity contribution in [2.75, 3.05) is 24.7 Å². The summed E-state index contributed by atoms with van der Waals surface area (Å²) in [4.78, 5) is 25.1. The fourth-order valence-corrected chi connectivity index (χ4v) is 6.23. The monoisotopic (exact) mass is 640 g/mol. The molecule has 12 heteroatoms. The Labute approximate surface area is 277 Å². The van der Waals surface area contributed by atoms with Crippen molar-refractivity contribution in [2.24, 2.45) is 25.6 Å². The average Bonchev–Trinajstić information content (AvgIpc) is 3.89. The second kappa shape index (κ2) is 12.1. The number of aryl methyl sites for hydroxylation is 2. The highest BCUT2D eigenvalue weighted by atomic mass is 15.1. The molecule has 0 bridgehead atoms. The number of hydrogen-bond acceptors (Lipinski definition) is 8. The van der Waals surface area contributed by atoms with Crippen LogP contribution >= 0.6 is 0 Å². The summed E-state index contributed by atoms with van der Waals surface area (Å²) in [6, 6.07) is 20.8. The Morgan fingerprint density at radius 3 is 1.44 bits per heavy atom. The van der Waals surface area contributed by atoms with Crippen LogP contribution in [0.1, 0.15) is 37.1 Å². The molecule has 0 aliphatic heterocycles. The lowest BCUT2D eigenvalue weighted by Gasteiger charge is -2.07. The van der Waals surface area contributed by atoms with E-state index in [4.69, 9.17) is 11.5 Å². The van der Waals surface area contributed by atoms with Crippen LogP contribution in [0.25, 0.3) is 66.6 Å². The van der Waals surface area contributed by atoms with E-state index in [9.17, 15) is 0 Å². The first-order valence-corrected chi connectivity index (χ1v) is 15.9. The van der Waals surface area contributed by atoms with Gasteiger partial charge in [-0.05, 0) is 60.4 Å². The van der Waals surface area contributed by atoms with Crippen molar-refractivity contribution in [2.45, 2.75) is 25.9 Å². The molecule has 0 saturated heterocycles. The van der Waals surface area contributed by atoms with Crippen molar-refractivity contribution >= 4 is 55.8 Å². The van der Waals surface area contributed by atoms with Crippen LogP contribution in [0, 0.1) is 0 Å². The third-order valence-corrected chi connectivity index (χ3v) is 8.79. The number of pyridine rings is 2. The fraction of sp³-hybridized carbons (Fsp3) is 0.222. The summed E-state index contributed by atoms with van der Waals surface area (Å²) in [5, 5.41) is 8.37. The number of H-pyrrole nitrogens is 2. The molecule has 2 atom stereocenters. The Morgan fingerprint density at radius 1 is 0.646 bits per heavy atom. The molecule has 8 aromatic rings. The topological polar surface area (TPSA) is 169 Å². The molecule has 2 aromatic carbocycles. The second-order valence-electron chi connectivity index (χ2n) is 12.2. The van der Waals surface area contributed by atoms with Gasteiger partial charge >= 0.3 is 0 Å². The summed E-state index contributed by atoms with van der Waals surface area (Å²) in [5.41, 5.74) is 24.1. The van der Waals surface area contributed by atoms with Gasteiger partial charge in [0, 0.05) is 62.4 Å². The van der Waals surface area contributed by atoms with E-state index in [1.165, 1.54) is 0 Å². The molecular formula is C36H40N12. The van der Waals surface area contributed by atoms with Gasteiger partial charge in [0.25, 0.3) is 0 Å². The second-order valence-corrected chi connectivity index (χ2v) is 12.2. The fourth-order valence-electron chi connectivity index (χ4n) is 6.23. The highest BCUT2D eigenvalue weighted by molar-refractivity contribution is 6.08. The smallest absolute Gasteiger partial charge is 0.156 e. The third kappa shape index (κ3) is 5.30. The SMILES string of the molecule is CNc1nc2[nH]c(-c3cccc(C(C)N)c3)cc2c2c1ncn2C.CNc1nc2[nH]c(-c3cccc(C(C)N)c3)cc2c2c1ncn2C. The molecule has 48 heavy (non-hydrogen) atoms. The van der Waals surface area contributed by atoms with Gasteiger partial charge in [-0.25, -0.2) is 19.9 Å². The van der Waals surface area contributed by atoms with Crippen LogP contribution in [0.2, 0.25) is 0 Å². The number of benzene rings is 2. The number of nitrogens with one attached hydrogen (secondary N) is 4. The van der Waals surface area contributed by atoms with Crippen LogP contribution in [0.4, 0.5) is 11.6 Å². The highest BCUT2D eigenvalue weighted by Crippen LogP contribution is 2.33. The molecule has 8 rings (SSSR count). The van der Waals surface area contributed by atoms with E-state index in [0.717, 1.165) is 89.4 Å². The Morgan fingerprint density at radius 2 is 1.06 bits per heavy atom.